The fourth-order valence-electron chi connectivity index (χ4n) is 4.12. The normalized spacial score (nSPS) is 16.9. The van der Waals surface area contributed by atoms with E-state index in [4.69, 9.17) is 14.5 Å². The van der Waals surface area contributed by atoms with Crippen LogP contribution < -0.4 is 15.0 Å². The molecule has 2 aromatic heterocycles. The second-order valence-electron chi connectivity index (χ2n) is 7.94. The molecule has 30 heavy (non-hydrogen) atoms. The van der Waals surface area contributed by atoms with Gasteiger partial charge in [-0.15, -0.1) is 11.3 Å². The van der Waals surface area contributed by atoms with Crippen LogP contribution in [0.25, 0.3) is 11.3 Å². The third kappa shape index (κ3) is 4.12. The number of thiazole rings is 1. The lowest BCUT2D eigenvalue weighted by molar-refractivity contribution is 0.297. The van der Waals surface area contributed by atoms with E-state index in [2.05, 4.69) is 10.5 Å². The van der Waals surface area contributed by atoms with Crippen LogP contribution >= 0.6 is 11.3 Å². The van der Waals surface area contributed by atoms with E-state index in [0.717, 1.165) is 34.9 Å². The molecule has 0 spiro atoms. The molecule has 1 fully saturated rings. The molecular weight excluding hydrogens is 398 g/mol. The summed E-state index contributed by atoms with van der Waals surface area (Å²) in [6.45, 7) is 1.68. The molecule has 0 unspecified atom stereocenters. The highest BCUT2D eigenvalue weighted by molar-refractivity contribution is 7.09. The molecule has 1 saturated carbocycles. The summed E-state index contributed by atoms with van der Waals surface area (Å²) in [5, 5.41) is 7.88. The molecule has 6 nitrogen and oxygen atoms in total. The number of nitrogens with zero attached hydrogens (tertiary/aromatic N) is 3. The number of benzene rings is 1. The first-order valence-corrected chi connectivity index (χ1v) is 11.6. The lowest BCUT2D eigenvalue weighted by Gasteiger charge is -2.18. The lowest BCUT2D eigenvalue weighted by atomic mass is 9.90. The molecule has 0 atom stereocenters. The molecule has 0 N–H and O–H groups in total. The van der Waals surface area contributed by atoms with Gasteiger partial charge in [-0.25, -0.2) is 9.67 Å². The van der Waals surface area contributed by atoms with E-state index in [1.54, 1.807) is 23.5 Å². The highest BCUT2D eigenvalue weighted by Crippen LogP contribution is 2.35. The van der Waals surface area contributed by atoms with Gasteiger partial charge in [0.25, 0.3) is 5.56 Å². The van der Waals surface area contributed by atoms with Gasteiger partial charge in [0.15, 0.2) is 11.5 Å². The van der Waals surface area contributed by atoms with Crippen LogP contribution in [0.15, 0.2) is 40.5 Å². The summed E-state index contributed by atoms with van der Waals surface area (Å²) in [6, 6.07) is 9.12. The Balaban J connectivity index is 1.38. The zero-order chi connectivity index (χ0) is 20.3. The van der Waals surface area contributed by atoms with E-state index >= 15 is 0 Å². The minimum Gasteiger partial charge on any atom is -0.490 e. The molecule has 3 aromatic rings. The molecular formula is C23H25N3O3S. The molecule has 0 amide bonds. The average molecular weight is 424 g/mol. The molecule has 0 bridgehead atoms. The zero-order valence-corrected chi connectivity index (χ0v) is 17.7. The van der Waals surface area contributed by atoms with E-state index in [1.165, 1.54) is 41.8 Å². The van der Waals surface area contributed by atoms with Gasteiger partial charge in [0.1, 0.15) is 0 Å². The number of hydrogen-bond acceptors (Lipinski definition) is 6. The molecule has 5 rings (SSSR count). The van der Waals surface area contributed by atoms with Crippen molar-refractivity contribution in [3.8, 4) is 22.8 Å². The summed E-state index contributed by atoms with van der Waals surface area (Å²) in [4.78, 5) is 17.2. The smallest absolute Gasteiger partial charge is 0.267 e. The van der Waals surface area contributed by atoms with Crippen molar-refractivity contribution in [2.24, 2.45) is 0 Å². The third-order valence-electron chi connectivity index (χ3n) is 5.75. The zero-order valence-electron chi connectivity index (χ0n) is 16.9. The minimum absolute atomic E-state index is 0.125. The fourth-order valence-corrected chi connectivity index (χ4v) is 5.11. The molecule has 0 saturated heterocycles. The highest BCUT2D eigenvalue weighted by atomic mass is 32.1. The van der Waals surface area contributed by atoms with Crippen LogP contribution in [-0.2, 0) is 6.54 Å². The van der Waals surface area contributed by atoms with Crippen LogP contribution in [0.1, 0.15) is 55.1 Å². The highest BCUT2D eigenvalue weighted by Gasteiger charge is 2.19. The van der Waals surface area contributed by atoms with E-state index in [1.807, 2.05) is 18.2 Å². The Hall–Kier alpha value is -2.67. The fraction of sp³-hybridized carbons (Fsp3) is 0.435. The summed E-state index contributed by atoms with van der Waals surface area (Å²) in [5.41, 5.74) is 2.41. The van der Waals surface area contributed by atoms with Crippen LogP contribution in [0.3, 0.4) is 0 Å². The molecule has 3 heterocycles. The van der Waals surface area contributed by atoms with Crippen molar-refractivity contribution in [3.63, 3.8) is 0 Å². The van der Waals surface area contributed by atoms with Gasteiger partial charge in [-0.1, -0.05) is 19.3 Å². The van der Waals surface area contributed by atoms with Gasteiger partial charge in [0.05, 0.1) is 36.2 Å². The predicted molar refractivity (Wildman–Crippen MR) is 117 cm³/mol. The lowest BCUT2D eigenvalue weighted by Crippen LogP contribution is -2.23. The summed E-state index contributed by atoms with van der Waals surface area (Å²) in [6.07, 6.45) is 7.23. The summed E-state index contributed by atoms with van der Waals surface area (Å²) in [7, 11) is 0. The van der Waals surface area contributed by atoms with Crippen LogP contribution in [0, 0.1) is 0 Å². The largest absolute Gasteiger partial charge is 0.490 e. The summed E-state index contributed by atoms with van der Waals surface area (Å²) < 4.78 is 13.0. The molecule has 156 valence electrons. The Bertz CT molecular complexity index is 1090. The number of aromatic nitrogens is 3. The first-order chi connectivity index (χ1) is 14.8. The maximum absolute atomic E-state index is 12.4. The third-order valence-corrected chi connectivity index (χ3v) is 6.80. The first kappa shape index (κ1) is 19.3. The van der Waals surface area contributed by atoms with Gasteiger partial charge in [0.2, 0.25) is 0 Å². The topological polar surface area (TPSA) is 66.2 Å². The summed E-state index contributed by atoms with van der Waals surface area (Å²) >= 11 is 1.71. The van der Waals surface area contributed by atoms with Crippen molar-refractivity contribution in [2.75, 3.05) is 13.2 Å². The van der Waals surface area contributed by atoms with Crippen LogP contribution in [0.4, 0.5) is 0 Å². The number of rotatable bonds is 4. The Labute approximate surface area is 179 Å². The van der Waals surface area contributed by atoms with Crippen molar-refractivity contribution >= 4 is 11.3 Å². The number of fused-ring (bicyclic) bond motifs is 1. The van der Waals surface area contributed by atoms with Gasteiger partial charge in [0, 0.05) is 29.3 Å². The molecule has 1 aromatic carbocycles. The first-order valence-electron chi connectivity index (χ1n) is 10.7. The number of ether oxygens (including phenoxy) is 2. The molecule has 1 aliphatic heterocycles. The van der Waals surface area contributed by atoms with Gasteiger partial charge in [-0.3, -0.25) is 4.79 Å². The predicted octanol–water partition coefficient (Wildman–Crippen LogP) is 4.62. The van der Waals surface area contributed by atoms with E-state index in [9.17, 15) is 4.79 Å². The maximum atomic E-state index is 12.4. The number of hydrogen-bond donors (Lipinski definition) is 0. The van der Waals surface area contributed by atoms with Crippen LogP contribution in [0.2, 0.25) is 0 Å². The molecule has 2 aliphatic rings. The van der Waals surface area contributed by atoms with Crippen molar-refractivity contribution in [1.29, 1.82) is 0 Å². The SMILES string of the molecule is O=c1ccc(-c2ccc3c(c2)OCCCO3)nn1Cc1csc(C2CCCCC2)n1. The molecule has 1 aliphatic carbocycles. The second kappa shape index (κ2) is 8.60. The van der Waals surface area contributed by atoms with Crippen LogP contribution in [-0.4, -0.2) is 28.0 Å². The maximum Gasteiger partial charge on any atom is 0.267 e. The van der Waals surface area contributed by atoms with Crippen molar-refractivity contribution in [2.45, 2.75) is 51.0 Å². The van der Waals surface area contributed by atoms with E-state index < -0.39 is 0 Å². The summed E-state index contributed by atoms with van der Waals surface area (Å²) in [5.74, 6) is 2.05. The van der Waals surface area contributed by atoms with Gasteiger partial charge in [-0.05, 0) is 37.1 Å². The molecule has 7 heteroatoms. The van der Waals surface area contributed by atoms with Gasteiger partial charge in [-0.2, -0.15) is 5.10 Å². The monoisotopic (exact) mass is 423 g/mol. The van der Waals surface area contributed by atoms with E-state index in [0.29, 0.717) is 25.7 Å². The minimum atomic E-state index is -0.125. The Morgan fingerprint density at radius 3 is 2.70 bits per heavy atom. The van der Waals surface area contributed by atoms with Crippen molar-refractivity contribution < 1.29 is 9.47 Å². The van der Waals surface area contributed by atoms with Crippen molar-refractivity contribution in [1.82, 2.24) is 14.8 Å². The van der Waals surface area contributed by atoms with Gasteiger partial charge < -0.3 is 9.47 Å². The average Bonchev–Trinajstić information content (AvgIpc) is 3.12. The second-order valence-corrected chi connectivity index (χ2v) is 8.83. The standard InChI is InChI=1S/C23H25N3O3S/c27-22-10-8-19(17-7-9-20-21(13-17)29-12-4-11-28-20)25-26(22)14-18-15-30-23(24-18)16-5-2-1-3-6-16/h7-10,13,15-16H,1-6,11-12,14H2. The van der Waals surface area contributed by atoms with E-state index in [-0.39, 0.29) is 5.56 Å². The van der Waals surface area contributed by atoms with Crippen molar-refractivity contribution in [3.05, 3.63) is 56.8 Å². The Morgan fingerprint density at radius 2 is 1.83 bits per heavy atom. The molecule has 0 radical (unpaired) electrons. The van der Waals surface area contributed by atoms with Gasteiger partial charge >= 0.3 is 0 Å². The van der Waals surface area contributed by atoms with Crippen LogP contribution in [0.5, 0.6) is 11.5 Å². The Kier molecular flexibility index (Phi) is 5.53. The quantitative estimate of drug-likeness (QED) is 0.612. The Morgan fingerprint density at radius 1 is 1.00 bits per heavy atom.